The zero-order valence-electron chi connectivity index (χ0n) is 20.0. The summed E-state index contributed by atoms with van der Waals surface area (Å²) in [5, 5.41) is 41.6. The number of aryl methyl sites for hydroxylation is 1. The molecule has 0 heterocycles. The lowest BCUT2D eigenvalue weighted by Gasteiger charge is -2.22. The number of aliphatic carboxylic acids is 1. The van der Waals surface area contributed by atoms with Crippen molar-refractivity contribution < 1.29 is 29.6 Å². The van der Waals surface area contributed by atoms with Crippen LogP contribution in [0.4, 0.5) is 0 Å². The van der Waals surface area contributed by atoms with Crippen LogP contribution in [-0.2, 0) is 27.2 Å². The molecule has 0 bridgehead atoms. The maximum atomic E-state index is 13.0. The minimum Gasteiger partial charge on any atom is -0.508 e. The molecule has 0 radical (unpaired) electrons. The third kappa shape index (κ3) is 9.84. The van der Waals surface area contributed by atoms with Crippen LogP contribution in [0.3, 0.4) is 0 Å². The molecule has 2 aromatic carbocycles. The lowest BCUT2D eigenvalue weighted by molar-refractivity contribution is -0.629. The minimum absolute atomic E-state index is 0.0415. The number of carboxylic acids is 1. The van der Waals surface area contributed by atoms with Crippen molar-refractivity contribution in [2.75, 3.05) is 6.54 Å². The van der Waals surface area contributed by atoms with E-state index in [2.05, 4.69) is 10.6 Å². The second-order valence-corrected chi connectivity index (χ2v) is 8.26. The number of aromatic hydroxyl groups is 1. The number of nitrogens with two attached hydrogens (primary N) is 1. The van der Waals surface area contributed by atoms with E-state index in [0.29, 0.717) is 11.4 Å². The first kappa shape index (κ1) is 28.6. The number of phenols is 1. The number of nitro groups is 1. The Kier molecular flexibility index (Phi) is 10.8. The Balaban J connectivity index is 2.04. The van der Waals surface area contributed by atoms with Crippen molar-refractivity contribution in [2.45, 2.75) is 44.2 Å². The van der Waals surface area contributed by atoms with Crippen molar-refractivity contribution in [2.24, 2.45) is 5.73 Å². The van der Waals surface area contributed by atoms with Gasteiger partial charge in [-0.2, -0.15) is 0 Å². The number of hydrogen-bond donors (Lipinski definition) is 6. The summed E-state index contributed by atoms with van der Waals surface area (Å²) >= 11 is 0. The van der Waals surface area contributed by atoms with Crippen molar-refractivity contribution in [3.8, 4) is 5.75 Å². The first-order valence-corrected chi connectivity index (χ1v) is 11.5. The average molecular weight is 515 g/mol. The number of nitrogens with one attached hydrogen (secondary N) is 3. The highest BCUT2D eigenvalue weighted by atomic mass is 16.7. The molecule has 2 atom stereocenters. The van der Waals surface area contributed by atoms with Crippen LogP contribution in [0.15, 0.2) is 54.6 Å². The molecule has 2 amide bonds. The van der Waals surface area contributed by atoms with Gasteiger partial charge in [0.2, 0.25) is 11.8 Å². The first-order valence-electron chi connectivity index (χ1n) is 11.5. The van der Waals surface area contributed by atoms with Crippen LogP contribution < -0.4 is 16.4 Å². The number of nitrogens with zero attached hydrogens (tertiary/aromatic N) is 2. The first-order chi connectivity index (χ1) is 17.6. The second-order valence-electron chi connectivity index (χ2n) is 8.26. The fourth-order valence-electron chi connectivity index (χ4n) is 3.51. The van der Waals surface area contributed by atoms with Crippen LogP contribution in [0, 0.1) is 15.5 Å². The van der Waals surface area contributed by atoms with Gasteiger partial charge >= 0.3 is 5.97 Å². The van der Waals surface area contributed by atoms with E-state index in [9.17, 15) is 34.7 Å². The van der Waals surface area contributed by atoms with E-state index in [1.54, 1.807) is 42.5 Å². The van der Waals surface area contributed by atoms with Crippen LogP contribution in [0.5, 0.6) is 5.75 Å². The molecule has 0 spiro atoms. The van der Waals surface area contributed by atoms with Gasteiger partial charge in [0.25, 0.3) is 5.96 Å². The van der Waals surface area contributed by atoms with Crippen LogP contribution in [0.2, 0.25) is 0 Å². The van der Waals surface area contributed by atoms with E-state index in [1.807, 2.05) is 0 Å². The molecule has 0 aliphatic carbocycles. The van der Waals surface area contributed by atoms with Gasteiger partial charge in [0.1, 0.15) is 17.8 Å². The maximum absolute atomic E-state index is 13.0. The Hall–Kier alpha value is -4.68. The van der Waals surface area contributed by atoms with Gasteiger partial charge in [-0.3, -0.25) is 15.0 Å². The summed E-state index contributed by atoms with van der Waals surface area (Å²) in [5.41, 5.74) is 6.72. The number of hydrogen-bond acceptors (Lipinski definition) is 7. The SMILES string of the molecule is N=C(N)N(CCCC(NC(=O)[C@H](Cc1ccccc1)NC(=O)CCc1ccc(O)cc1)C(=O)O)[N+](=O)[O-]. The van der Waals surface area contributed by atoms with Gasteiger partial charge in [-0.1, -0.05) is 47.5 Å². The summed E-state index contributed by atoms with van der Waals surface area (Å²) in [4.78, 5) is 48.3. The van der Waals surface area contributed by atoms with Gasteiger partial charge in [0, 0.05) is 12.8 Å². The number of hydrazine groups is 1. The number of carbonyl (C=O) groups excluding carboxylic acids is 2. The van der Waals surface area contributed by atoms with E-state index in [0.717, 1.165) is 11.1 Å². The Labute approximate surface area is 212 Å². The van der Waals surface area contributed by atoms with E-state index in [4.69, 9.17) is 11.1 Å². The van der Waals surface area contributed by atoms with Gasteiger partial charge in [-0.15, -0.1) is 0 Å². The molecule has 0 aromatic heterocycles. The molecule has 13 nitrogen and oxygen atoms in total. The van der Waals surface area contributed by atoms with E-state index >= 15 is 0 Å². The molecular formula is C24H30N6O7. The van der Waals surface area contributed by atoms with Gasteiger partial charge in [0.05, 0.1) is 6.54 Å². The Morgan fingerprint density at radius 1 is 1.03 bits per heavy atom. The number of carbonyl (C=O) groups is 3. The largest absolute Gasteiger partial charge is 0.508 e. The van der Waals surface area contributed by atoms with E-state index in [-0.39, 0.29) is 38.0 Å². The average Bonchev–Trinajstić information content (AvgIpc) is 2.85. The highest BCUT2D eigenvalue weighted by Gasteiger charge is 2.27. The monoisotopic (exact) mass is 514 g/mol. The van der Waals surface area contributed by atoms with Crippen molar-refractivity contribution in [1.29, 1.82) is 5.41 Å². The van der Waals surface area contributed by atoms with Crippen LogP contribution in [0.25, 0.3) is 0 Å². The molecule has 1 unspecified atom stereocenters. The molecule has 0 saturated carbocycles. The van der Waals surface area contributed by atoms with E-state index in [1.165, 1.54) is 12.1 Å². The smallest absolute Gasteiger partial charge is 0.326 e. The predicted molar refractivity (Wildman–Crippen MR) is 133 cm³/mol. The highest BCUT2D eigenvalue weighted by Crippen LogP contribution is 2.12. The molecule has 2 aromatic rings. The van der Waals surface area contributed by atoms with Crippen molar-refractivity contribution >= 4 is 23.7 Å². The number of amides is 2. The molecule has 0 aliphatic heterocycles. The van der Waals surface area contributed by atoms with Crippen LogP contribution in [0.1, 0.15) is 30.4 Å². The molecule has 0 fully saturated rings. The fourth-order valence-corrected chi connectivity index (χ4v) is 3.51. The number of benzene rings is 2. The maximum Gasteiger partial charge on any atom is 0.326 e. The normalized spacial score (nSPS) is 12.1. The quantitative estimate of drug-likeness (QED) is 0.0908. The van der Waals surface area contributed by atoms with E-state index < -0.39 is 40.9 Å². The lowest BCUT2D eigenvalue weighted by Crippen LogP contribution is -2.52. The van der Waals surface area contributed by atoms with Gasteiger partial charge in [-0.25, -0.2) is 14.9 Å². The second kappa shape index (κ2) is 14.0. The fraction of sp³-hybridized carbons (Fsp3) is 0.333. The third-order valence-electron chi connectivity index (χ3n) is 5.46. The van der Waals surface area contributed by atoms with Crippen LogP contribution in [-0.4, -0.2) is 62.6 Å². The van der Waals surface area contributed by atoms with Gasteiger partial charge in [0.15, 0.2) is 5.03 Å². The predicted octanol–water partition coefficient (Wildman–Crippen LogP) is 0.789. The Morgan fingerprint density at radius 3 is 2.24 bits per heavy atom. The summed E-state index contributed by atoms with van der Waals surface area (Å²) in [6.07, 6.45) is 0.342. The Bertz CT molecular complexity index is 1080. The lowest BCUT2D eigenvalue weighted by atomic mass is 10.0. The van der Waals surface area contributed by atoms with Gasteiger partial charge in [-0.05, 0) is 42.5 Å². The molecule has 0 aliphatic rings. The van der Waals surface area contributed by atoms with Crippen molar-refractivity contribution in [3.05, 3.63) is 75.8 Å². The summed E-state index contributed by atoms with van der Waals surface area (Å²) < 4.78 is 0. The zero-order valence-corrected chi connectivity index (χ0v) is 20.0. The third-order valence-corrected chi connectivity index (χ3v) is 5.46. The standard InChI is InChI=1S/C24H30N6O7/c25-24(26)29(30(36)37)14-4-7-19(23(34)35)28-22(33)20(15-17-5-2-1-3-6-17)27-21(32)13-10-16-8-11-18(31)12-9-16/h1-3,5-6,8-9,11-12,19-20,31H,4,7,10,13-15H2,(H3,25,26)(H,27,32)(H,28,33)(H,34,35)/t19?,20-/m0/s1. The molecule has 37 heavy (non-hydrogen) atoms. The molecule has 7 N–H and O–H groups in total. The number of carboxylic acid groups (broad SMARTS) is 1. The Morgan fingerprint density at radius 2 is 1.68 bits per heavy atom. The summed E-state index contributed by atoms with van der Waals surface area (Å²) in [6, 6.07) is 12.8. The minimum atomic E-state index is -1.37. The van der Waals surface area contributed by atoms with Crippen LogP contribution >= 0.6 is 0 Å². The molecule has 13 heteroatoms. The van der Waals surface area contributed by atoms with Crippen molar-refractivity contribution in [3.63, 3.8) is 0 Å². The molecule has 0 saturated heterocycles. The molecule has 2 rings (SSSR count). The summed E-state index contributed by atoms with van der Waals surface area (Å²) in [5.74, 6) is -3.17. The van der Waals surface area contributed by atoms with Crippen molar-refractivity contribution in [1.82, 2.24) is 15.6 Å². The summed E-state index contributed by atoms with van der Waals surface area (Å²) in [6.45, 7) is -0.316. The zero-order chi connectivity index (χ0) is 27.4. The van der Waals surface area contributed by atoms with Gasteiger partial charge < -0.3 is 26.6 Å². The highest BCUT2D eigenvalue weighted by molar-refractivity contribution is 5.90. The molecular weight excluding hydrogens is 484 g/mol. The summed E-state index contributed by atoms with van der Waals surface area (Å²) in [7, 11) is 0. The number of phenolic OH excluding ortho intramolecular Hbond substituents is 1. The number of rotatable bonds is 14. The molecule has 198 valence electrons. The number of guanidine groups is 1. The topological polar surface area (TPSA) is 212 Å².